The van der Waals surface area contributed by atoms with Gasteiger partial charge in [-0.25, -0.2) is 0 Å². The molecule has 0 saturated heterocycles. The van der Waals surface area contributed by atoms with Crippen molar-refractivity contribution in [3.05, 3.63) is 54.1 Å². The molecule has 29 heavy (non-hydrogen) atoms. The van der Waals surface area contributed by atoms with E-state index in [0.717, 1.165) is 12.2 Å². The van der Waals surface area contributed by atoms with Crippen molar-refractivity contribution in [3.8, 4) is 5.75 Å². The van der Waals surface area contributed by atoms with Crippen molar-refractivity contribution < 1.29 is 14.3 Å². The predicted octanol–water partition coefficient (Wildman–Crippen LogP) is 4.59. The Morgan fingerprint density at radius 3 is 2.10 bits per heavy atom. The van der Waals surface area contributed by atoms with Crippen LogP contribution >= 0.6 is 12.2 Å². The summed E-state index contributed by atoms with van der Waals surface area (Å²) in [4.78, 5) is 23.9. The van der Waals surface area contributed by atoms with Crippen LogP contribution in [0.4, 0.5) is 11.4 Å². The molecule has 0 aromatic heterocycles. The largest absolute Gasteiger partial charge is 0.493 e. The first-order valence-electron chi connectivity index (χ1n) is 9.62. The Balaban J connectivity index is 1.85. The lowest BCUT2D eigenvalue weighted by atomic mass is 10.2. The Kier molecular flexibility index (Phi) is 8.61. The van der Waals surface area contributed by atoms with Gasteiger partial charge in [0.15, 0.2) is 5.11 Å². The summed E-state index contributed by atoms with van der Waals surface area (Å²) < 4.78 is 5.61. The van der Waals surface area contributed by atoms with Crippen LogP contribution in [-0.2, 0) is 4.79 Å². The lowest BCUT2D eigenvalue weighted by Crippen LogP contribution is -2.34. The first-order chi connectivity index (χ1) is 13.9. The molecule has 2 aromatic carbocycles. The van der Waals surface area contributed by atoms with Crippen LogP contribution in [0.5, 0.6) is 5.75 Å². The molecule has 0 spiro atoms. The summed E-state index contributed by atoms with van der Waals surface area (Å²) in [6, 6.07) is 14.0. The molecular weight excluding hydrogens is 386 g/mol. The van der Waals surface area contributed by atoms with Crippen molar-refractivity contribution in [2.45, 2.75) is 33.6 Å². The van der Waals surface area contributed by atoms with Crippen LogP contribution in [0.3, 0.4) is 0 Å². The van der Waals surface area contributed by atoms with Gasteiger partial charge in [0.1, 0.15) is 5.75 Å². The average Bonchev–Trinajstić information content (AvgIpc) is 2.68. The fourth-order valence-electron chi connectivity index (χ4n) is 2.39. The number of anilines is 2. The molecule has 0 saturated carbocycles. The van der Waals surface area contributed by atoms with E-state index >= 15 is 0 Å². The first-order valence-corrected chi connectivity index (χ1v) is 10.0. The fourth-order valence-corrected chi connectivity index (χ4v) is 2.60. The summed E-state index contributed by atoms with van der Waals surface area (Å²) in [5.41, 5.74) is 1.91. The molecule has 3 N–H and O–H groups in total. The molecule has 154 valence electrons. The van der Waals surface area contributed by atoms with Crippen molar-refractivity contribution >= 4 is 40.5 Å². The first kappa shape index (κ1) is 22.4. The number of nitrogens with one attached hydrogen (secondary N) is 3. The molecule has 0 radical (unpaired) electrons. The minimum atomic E-state index is -0.304. The number of thiocarbonyl (C=S) groups is 1. The minimum absolute atomic E-state index is 0.0170. The average molecular weight is 414 g/mol. The summed E-state index contributed by atoms with van der Waals surface area (Å²) >= 11 is 5.21. The van der Waals surface area contributed by atoms with Gasteiger partial charge in [-0.3, -0.25) is 14.9 Å². The maximum atomic E-state index is 12.3. The van der Waals surface area contributed by atoms with Crippen LogP contribution in [0.15, 0.2) is 48.5 Å². The highest BCUT2D eigenvalue weighted by Gasteiger charge is 2.09. The van der Waals surface area contributed by atoms with Crippen LogP contribution in [0.25, 0.3) is 0 Å². The highest BCUT2D eigenvalue weighted by molar-refractivity contribution is 7.80. The number of benzene rings is 2. The third-order valence-corrected chi connectivity index (χ3v) is 4.03. The second-order valence-electron chi connectivity index (χ2n) is 7.01. The van der Waals surface area contributed by atoms with E-state index in [2.05, 4.69) is 29.8 Å². The second-order valence-corrected chi connectivity index (χ2v) is 7.42. The number of amides is 2. The van der Waals surface area contributed by atoms with E-state index in [1.165, 1.54) is 0 Å². The minimum Gasteiger partial charge on any atom is -0.493 e. The Morgan fingerprint density at radius 2 is 1.55 bits per heavy atom. The number of rotatable bonds is 8. The third kappa shape index (κ3) is 7.91. The summed E-state index contributed by atoms with van der Waals surface area (Å²) in [5, 5.41) is 8.61. The molecule has 7 heteroatoms. The van der Waals surface area contributed by atoms with E-state index in [9.17, 15) is 9.59 Å². The van der Waals surface area contributed by atoms with Gasteiger partial charge in [-0.2, -0.15) is 0 Å². The maximum absolute atomic E-state index is 12.3. The van der Waals surface area contributed by atoms with Crippen LogP contribution in [0.2, 0.25) is 0 Å². The number of hydrogen-bond acceptors (Lipinski definition) is 4. The summed E-state index contributed by atoms with van der Waals surface area (Å²) in [5.74, 6) is 0.836. The zero-order chi connectivity index (χ0) is 21.2. The van der Waals surface area contributed by atoms with E-state index in [1.54, 1.807) is 48.5 Å². The van der Waals surface area contributed by atoms with Gasteiger partial charge in [0.25, 0.3) is 5.91 Å². The van der Waals surface area contributed by atoms with Crippen molar-refractivity contribution in [2.75, 3.05) is 17.2 Å². The number of ether oxygens (including phenoxy) is 1. The van der Waals surface area contributed by atoms with E-state index in [1.807, 2.05) is 6.92 Å². The van der Waals surface area contributed by atoms with Crippen molar-refractivity contribution in [1.29, 1.82) is 0 Å². The monoisotopic (exact) mass is 413 g/mol. The van der Waals surface area contributed by atoms with Gasteiger partial charge < -0.3 is 15.4 Å². The number of carbonyl (C=O) groups excluding carboxylic acids is 2. The lowest BCUT2D eigenvalue weighted by molar-refractivity contribution is -0.116. The molecule has 0 bridgehead atoms. The van der Waals surface area contributed by atoms with Crippen molar-refractivity contribution in [3.63, 3.8) is 0 Å². The van der Waals surface area contributed by atoms with Crippen LogP contribution in [-0.4, -0.2) is 23.5 Å². The zero-order valence-electron chi connectivity index (χ0n) is 17.0. The molecule has 0 aliphatic carbocycles. The van der Waals surface area contributed by atoms with Gasteiger partial charge in [0.05, 0.1) is 6.61 Å². The van der Waals surface area contributed by atoms with Gasteiger partial charge in [-0.05, 0) is 73.1 Å². The normalized spacial score (nSPS) is 10.3. The molecule has 2 amide bonds. The highest BCUT2D eigenvalue weighted by atomic mass is 32.1. The molecule has 0 aliphatic rings. The van der Waals surface area contributed by atoms with E-state index in [0.29, 0.717) is 35.9 Å². The standard InChI is InChI=1S/C22H27N3O3S/c1-4-5-20(26)23-17-8-10-18(11-9-17)24-22(29)25-21(27)16-6-12-19(13-7-16)28-14-15(2)3/h6-13,15H,4-5,14H2,1-3H3,(H,23,26)(H2,24,25,27,29). The fraction of sp³-hybridized carbons (Fsp3) is 0.318. The molecule has 2 aromatic rings. The van der Waals surface area contributed by atoms with Gasteiger partial charge in [0.2, 0.25) is 5.91 Å². The maximum Gasteiger partial charge on any atom is 0.257 e. The predicted molar refractivity (Wildman–Crippen MR) is 120 cm³/mol. The van der Waals surface area contributed by atoms with Gasteiger partial charge in [-0.1, -0.05) is 20.8 Å². The molecule has 0 unspecified atom stereocenters. The van der Waals surface area contributed by atoms with E-state index in [4.69, 9.17) is 17.0 Å². The molecular formula is C22H27N3O3S. The quantitative estimate of drug-likeness (QED) is 0.552. The topological polar surface area (TPSA) is 79.5 Å². The van der Waals surface area contributed by atoms with Crippen LogP contribution in [0, 0.1) is 5.92 Å². The Hall–Kier alpha value is -2.93. The van der Waals surface area contributed by atoms with Crippen LogP contribution in [0.1, 0.15) is 44.0 Å². The Morgan fingerprint density at radius 1 is 0.966 bits per heavy atom. The van der Waals surface area contributed by atoms with Crippen molar-refractivity contribution in [2.24, 2.45) is 5.92 Å². The van der Waals surface area contributed by atoms with Gasteiger partial charge >= 0.3 is 0 Å². The molecule has 0 aliphatic heterocycles. The SMILES string of the molecule is CCCC(=O)Nc1ccc(NC(=S)NC(=O)c2ccc(OCC(C)C)cc2)cc1. The molecule has 0 heterocycles. The lowest BCUT2D eigenvalue weighted by Gasteiger charge is -2.11. The number of carbonyl (C=O) groups is 2. The van der Waals surface area contributed by atoms with E-state index < -0.39 is 0 Å². The second kappa shape index (κ2) is 11.2. The molecule has 2 rings (SSSR count). The Labute approximate surface area is 177 Å². The Bertz CT molecular complexity index is 833. The zero-order valence-corrected chi connectivity index (χ0v) is 17.8. The smallest absolute Gasteiger partial charge is 0.257 e. The molecule has 0 fully saturated rings. The third-order valence-electron chi connectivity index (χ3n) is 3.83. The molecule has 6 nitrogen and oxygen atoms in total. The van der Waals surface area contributed by atoms with Crippen molar-refractivity contribution in [1.82, 2.24) is 5.32 Å². The number of hydrogen-bond donors (Lipinski definition) is 3. The van der Waals surface area contributed by atoms with E-state index in [-0.39, 0.29) is 16.9 Å². The highest BCUT2D eigenvalue weighted by Crippen LogP contribution is 2.15. The summed E-state index contributed by atoms with van der Waals surface area (Å²) in [6.07, 6.45) is 1.29. The van der Waals surface area contributed by atoms with Gasteiger partial charge in [0, 0.05) is 23.4 Å². The summed E-state index contributed by atoms with van der Waals surface area (Å²) in [6.45, 7) is 6.73. The summed E-state index contributed by atoms with van der Waals surface area (Å²) in [7, 11) is 0. The molecule has 0 atom stereocenters. The van der Waals surface area contributed by atoms with Gasteiger partial charge in [-0.15, -0.1) is 0 Å². The van der Waals surface area contributed by atoms with Crippen LogP contribution < -0.4 is 20.7 Å².